The molecule has 2 aromatic carbocycles. The highest BCUT2D eigenvalue weighted by molar-refractivity contribution is 7.89. The largest absolute Gasteiger partial charge is 0.494 e. The summed E-state index contributed by atoms with van der Waals surface area (Å²) < 4.78 is 32.9. The second-order valence-corrected chi connectivity index (χ2v) is 10.0. The molecule has 1 aliphatic heterocycles. The van der Waals surface area contributed by atoms with E-state index in [-0.39, 0.29) is 17.3 Å². The zero-order chi connectivity index (χ0) is 25.1. The molecule has 34 heavy (non-hydrogen) atoms. The first-order chi connectivity index (χ1) is 16.0. The standard InChI is InChI=1S/C23H28N4O6S/c1-5-33-16-8-6-15(7-9-16)26-21(29)13-24-20(28)14-25-34(31,32)17-10-11-19-18(12-17)23(2,3)22(30)27(19)4/h6-12,25H,5,13-14H2,1-4H3,(H,24,28)(H,26,29). The first kappa shape index (κ1) is 25.2. The van der Waals surface area contributed by atoms with Gasteiger partial charge < -0.3 is 20.3 Å². The first-order valence-electron chi connectivity index (χ1n) is 10.7. The van der Waals surface area contributed by atoms with Gasteiger partial charge in [0.1, 0.15) is 5.75 Å². The van der Waals surface area contributed by atoms with Gasteiger partial charge in [0.2, 0.25) is 27.7 Å². The van der Waals surface area contributed by atoms with E-state index < -0.39 is 33.8 Å². The summed E-state index contributed by atoms with van der Waals surface area (Å²) in [6.45, 7) is 4.99. The summed E-state index contributed by atoms with van der Waals surface area (Å²) in [4.78, 5) is 38.0. The summed E-state index contributed by atoms with van der Waals surface area (Å²) in [7, 11) is -2.37. The number of nitrogens with zero attached hydrogens (tertiary/aromatic N) is 1. The fourth-order valence-electron chi connectivity index (χ4n) is 3.61. The molecule has 3 amide bonds. The normalized spacial score (nSPS) is 14.5. The number of hydrogen-bond acceptors (Lipinski definition) is 6. The lowest BCUT2D eigenvalue weighted by molar-refractivity contribution is -0.123. The van der Waals surface area contributed by atoms with E-state index in [9.17, 15) is 22.8 Å². The fraction of sp³-hybridized carbons (Fsp3) is 0.348. The maximum absolute atomic E-state index is 12.7. The molecule has 1 heterocycles. The Morgan fingerprint density at radius 3 is 2.35 bits per heavy atom. The molecule has 3 rings (SSSR count). The van der Waals surface area contributed by atoms with Gasteiger partial charge in [0.25, 0.3) is 0 Å². The lowest BCUT2D eigenvalue weighted by atomic mass is 9.86. The van der Waals surface area contributed by atoms with E-state index in [2.05, 4.69) is 15.4 Å². The number of fused-ring (bicyclic) bond motifs is 1. The lowest BCUT2D eigenvalue weighted by Gasteiger charge is -2.16. The van der Waals surface area contributed by atoms with Gasteiger partial charge >= 0.3 is 0 Å². The summed E-state index contributed by atoms with van der Waals surface area (Å²) >= 11 is 0. The minimum atomic E-state index is -4.01. The molecule has 0 aliphatic carbocycles. The van der Waals surface area contributed by atoms with Crippen molar-refractivity contribution in [1.29, 1.82) is 0 Å². The summed E-state index contributed by atoms with van der Waals surface area (Å²) in [5.74, 6) is -0.587. The van der Waals surface area contributed by atoms with Crippen LogP contribution in [0.25, 0.3) is 0 Å². The smallest absolute Gasteiger partial charge is 0.243 e. The molecule has 2 aromatic rings. The van der Waals surface area contributed by atoms with Gasteiger partial charge in [0.05, 0.1) is 30.0 Å². The molecule has 182 valence electrons. The molecule has 0 aromatic heterocycles. The van der Waals surface area contributed by atoms with Crippen molar-refractivity contribution in [3.63, 3.8) is 0 Å². The van der Waals surface area contributed by atoms with Crippen molar-refractivity contribution in [3.05, 3.63) is 48.0 Å². The number of carbonyl (C=O) groups excluding carboxylic acids is 3. The third-order valence-electron chi connectivity index (χ3n) is 5.47. The highest BCUT2D eigenvalue weighted by atomic mass is 32.2. The van der Waals surface area contributed by atoms with Crippen LogP contribution in [-0.4, -0.2) is 52.9 Å². The third-order valence-corrected chi connectivity index (χ3v) is 6.87. The van der Waals surface area contributed by atoms with Gasteiger partial charge in [-0.15, -0.1) is 0 Å². The monoisotopic (exact) mass is 488 g/mol. The van der Waals surface area contributed by atoms with Gasteiger partial charge in [-0.2, -0.15) is 0 Å². The molecule has 0 spiro atoms. The molecule has 0 saturated heterocycles. The summed E-state index contributed by atoms with van der Waals surface area (Å²) in [5.41, 5.74) is 0.916. The quantitative estimate of drug-likeness (QED) is 0.488. The van der Waals surface area contributed by atoms with Crippen molar-refractivity contribution >= 4 is 39.1 Å². The Labute approximate surface area is 198 Å². The van der Waals surface area contributed by atoms with E-state index in [1.165, 1.54) is 17.0 Å². The second kappa shape index (κ2) is 9.82. The van der Waals surface area contributed by atoms with Crippen molar-refractivity contribution in [2.75, 3.05) is 37.0 Å². The third kappa shape index (κ3) is 5.37. The second-order valence-electron chi connectivity index (χ2n) is 8.27. The van der Waals surface area contributed by atoms with E-state index in [1.54, 1.807) is 51.2 Å². The van der Waals surface area contributed by atoms with Crippen molar-refractivity contribution in [2.24, 2.45) is 0 Å². The van der Waals surface area contributed by atoms with Gasteiger partial charge in [-0.3, -0.25) is 14.4 Å². The van der Waals surface area contributed by atoms with E-state index in [0.717, 1.165) is 0 Å². The van der Waals surface area contributed by atoms with Crippen LogP contribution in [0.1, 0.15) is 26.3 Å². The number of rotatable bonds is 9. The first-order valence-corrected chi connectivity index (χ1v) is 12.2. The van der Waals surface area contributed by atoms with E-state index in [4.69, 9.17) is 4.74 Å². The highest BCUT2D eigenvalue weighted by Crippen LogP contribution is 2.41. The lowest BCUT2D eigenvalue weighted by Crippen LogP contribution is -2.40. The van der Waals surface area contributed by atoms with Crippen LogP contribution < -0.4 is 25.0 Å². The summed E-state index contributed by atoms with van der Waals surface area (Å²) in [5, 5.41) is 4.99. The van der Waals surface area contributed by atoms with E-state index in [1.807, 2.05) is 6.92 Å². The maximum atomic E-state index is 12.7. The Kier molecular flexibility index (Phi) is 7.27. The van der Waals surface area contributed by atoms with Crippen LogP contribution >= 0.6 is 0 Å². The van der Waals surface area contributed by atoms with Crippen LogP contribution in [-0.2, 0) is 29.8 Å². The highest BCUT2D eigenvalue weighted by Gasteiger charge is 2.42. The molecule has 3 N–H and O–H groups in total. The number of likely N-dealkylation sites (N-methyl/N-ethyl adjacent to an activating group) is 1. The van der Waals surface area contributed by atoms with Gasteiger partial charge in [0, 0.05) is 18.4 Å². The molecule has 0 atom stereocenters. The molecule has 0 bridgehead atoms. The summed E-state index contributed by atoms with van der Waals surface area (Å²) in [6, 6.07) is 11.2. The average Bonchev–Trinajstić information content (AvgIpc) is 2.97. The molecule has 0 fully saturated rings. The Bertz CT molecular complexity index is 1210. The minimum Gasteiger partial charge on any atom is -0.494 e. The predicted octanol–water partition coefficient (Wildman–Crippen LogP) is 1.37. The van der Waals surface area contributed by atoms with E-state index >= 15 is 0 Å². The average molecular weight is 489 g/mol. The Morgan fingerprint density at radius 1 is 1.03 bits per heavy atom. The zero-order valence-electron chi connectivity index (χ0n) is 19.5. The molecule has 0 unspecified atom stereocenters. The van der Waals surface area contributed by atoms with Crippen molar-refractivity contribution < 1.29 is 27.5 Å². The van der Waals surface area contributed by atoms with Crippen LogP contribution in [0.4, 0.5) is 11.4 Å². The molecule has 10 nitrogen and oxygen atoms in total. The van der Waals surface area contributed by atoms with Gasteiger partial charge in [-0.05, 0) is 68.8 Å². The van der Waals surface area contributed by atoms with Gasteiger partial charge in [0.15, 0.2) is 0 Å². The van der Waals surface area contributed by atoms with Crippen LogP contribution in [0.15, 0.2) is 47.4 Å². The fourth-order valence-corrected chi connectivity index (χ4v) is 4.62. The summed E-state index contributed by atoms with van der Waals surface area (Å²) in [6.07, 6.45) is 0. The van der Waals surface area contributed by atoms with Gasteiger partial charge in [-0.25, -0.2) is 13.1 Å². The van der Waals surface area contributed by atoms with Crippen LogP contribution in [0.3, 0.4) is 0 Å². The number of ether oxygens (including phenoxy) is 1. The van der Waals surface area contributed by atoms with Crippen molar-refractivity contribution in [2.45, 2.75) is 31.1 Å². The van der Waals surface area contributed by atoms with Crippen LogP contribution in [0.5, 0.6) is 5.75 Å². The number of hydrogen-bond donors (Lipinski definition) is 3. The number of anilines is 2. The zero-order valence-corrected chi connectivity index (χ0v) is 20.3. The molecule has 1 aliphatic rings. The number of sulfonamides is 1. The molecule has 11 heteroatoms. The molecular formula is C23H28N4O6S. The number of nitrogens with one attached hydrogen (secondary N) is 3. The Balaban J connectivity index is 1.53. The molecule has 0 radical (unpaired) electrons. The topological polar surface area (TPSA) is 134 Å². The SMILES string of the molecule is CCOc1ccc(NC(=O)CNC(=O)CNS(=O)(=O)c2ccc3c(c2)C(C)(C)C(=O)N3C)cc1. The van der Waals surface area contributed by atoms with Crippen molar-refractivity contribution in [3.8, 4) is 5.75 Å². The Hall–Kier alpha value is -3.44. The van der Waals surface area contributed by atoms with Gasteiger partial charge in [-0.1, -0.05) is 0 Å². The molecule has 0 saturated carbocycles. The number of benzene rings is 2. The maximum Gasteiger partial charge on any atom is 0.243 e. The van der Waals surface area contributed by atoms with Crippen molar-refractivity contribution in [1.82, 2.24) is 10.0 Å². The predicted molar refractivity (Wildman–Crippen MR) is 127 cm³/mol. The number of carbonyl (C=O) groups is 3. The molecular weight excluding hydrogens is 460 g/mol. The Morgan fingerprint density at radius 2 is 1.71 bits per heavy atom. The number of amides is 3. The van der Waals surface area contributed by atoms with Crippen LogP contribution in [0, 0.1) is 0 Å². The van der Waals surface area contributed by atoms with E-state index in [0.29, 0.717) is 29.3 Å². The minimum absolute atomic E-state index is 0.0523. The van der Waals surface area contributed by atoms with Crippen LogP contribution in [0.2, 0.25) is 0 Å².